The quantitative estimate of drug-likeness (QED) is 0.153. The van der Waals surface area contributed by atoms with E-state index in [1.165, 1.54) is 0 Å². The molecular formula is C24H27ClN4O4. The van der Waals surface area contributed by atoms with E-state index in [0.29, 0.717) is 35.0 Å². The van der Waals surface area contributed by atoms with Crippen LogP contribution in [0.1, 0.15) is 30.5 Å². The first-order valence-corrected chi connectivity index (χ1v) is 10.8. The molecule has 3 aromatic rings. The molecule has 1 aromatic heterocycles. The molecule has 0 aliphatic rings. The van der Waals surface area contributed by atoms with Crippen LogP contribution in [0.25, 0.3) is 16.6 Å². The number of ether oxygens (including phenoxy) is 1. The van der Waals surface area contributed by atoms with Gasteiger partial charge in [-0.2, -0.15) is 5.90 Å². The Bertz CT molecular complexity index is 1190. The molecule has 0 bridgehead atoms. The Hall–Kier alpha value is -3.33. The SMILES string of the molecule is C=C(/N=C(\ON)c1ccc(OC(C)C)c(Cl)c1)c1cccc2c(CCNCC(=O)O)c[nH]c12. The van der Waals surface area contributed by atoms with Crippen LogP contribution in [0.3, 0.4) is 0 Å². The van der Waals surface area contributed by atoms with Crippen molar-refractivity contribution in [3.8, 4) is 5.75 Å². The lowest BCUT2D eigenvalue weighted by molar-refractivity contribution is -0.135. The number of fused-ring (bicyclic) bond motifs is 1. The average Bonchev–Trinajstić information content (AvgIpc) is 3.19. The zero-order valence-corrected chi connectivity index (χ0v) is 19.3. The van der Waals surface area contributed by atoms with E-state index in [0.717, 1.165) is 22.0 Å². The molecule has 0 aliphatic carbocycles. The highest BCUT2D eigenvalue weighted by molar-refractivity contribution is 6.32. The van der Waals surface area contributed by atoms with Gasteiger partial charge in [-0.05, 0) is 50.6 Å². The zero-order valence-electron chi connectivity index (χ0n) is 18.5. The number of rotatable bonds is 10. The highest BCUT2D eigenvalue weighted by atomic mass is 35.5. The average molecular weight is 471 g/mol. The van der Waals surface area contributed by atoms with E-state index in [2.05, 4.69) is 21.9 Å². The van der Waals surface area contributed by atoms with Crippen LogP contribution in [-0.4, -0.2) is 41.2 Å². The number of aromatic amines is 1. The molecule has 5 N–H and O–H groups in total. The number of nitrogens with two attached hydrogens (primary N) is 1. The molecule has 8 nitrogen and oxygen atoms in total. The molecule has 0 saturated carbocycles. The number of carboxylic acids is 1. The number of hydrogen-bond acceptors (Lipinski definition) is 6. The second-order valence-electron chi connectivity index (χ2n) is 7.66. The van der Waals surface area contributed by atoms with Crippen molar-refractivity contribution in [3.05, 3.63) is 70.9 Å². The molecule has 33 heavy (non-hydrogen) atoms. The van der Waals surface area contributed by atoms with E-state index in [1.807, 2.05) is 38.2 Å². The Morgan fingerprint density at radius 2 is 2.12 bits per heavy atom. The van der Waals surface area contributed by atoms with Crippen molar-refractivity contribution in [1.82, 2.24) is 10.3 Å². The van der Waals surface area contributed by atoms with Crippen LogP contribution in [0, 0.1) is 0 Å². The highest BCUT2D eigenvalue weighted by Crippen LogP contribution is 2.29. The standard InChI is InChI=1S/C24H27ClN4O4/c1-14(2)32-21-8-7-16(11-20(21)25)24(33-26)29-15(3)18-5-4-6-19-17(12-28-23(18)19)9-10-27-13-22(30)31/h4-8,11-12,14,27-28H,3,9-10,13,26H2,1-2H3,(H,30,31)/b29-24-. The summed E-state index contributed by atoms with van der Waals surface area (Å²) in [6.07, 6.45) is 2.57. The van der Waals surface area contributed by atoms with Crippen molar-refractivity contribution in [2.75, 3.05) is 13.1 Å². The predicted molar refractivity (Wildman–Crippen MR) is 131 cm³/mol. The number of carbonyl (C=O) groups is 1. The molecule has 174 valence electrons. The summed E-state index contributed by atoms with van der Waals surface area (Å²) in [5, 5.41) is 13.1. The second kappa shape index (κ2) is 11.0. The number of aromatic nitrogens is 1. The molecule has 1 heterocycles. The molecule has 0 unspecified atom stereocenters. The van der Waals surface area contributed by atoms with E-state index in [1.54, 1.807) is 18.2 Å². The predicted octanol–water partition coefficient (Wildman–Crippen LogP) is 4.13. The largest absolute Gasteiger partial charge is 0.489 e. The molecule has 0 fully saturated rings. The van der Waals surface area contributed by atoms with Gasteiger partial charge in [0, 0.05) is 22.7 Å². The maximum Gasteiger partial charge on any atom is 0.317 e. The number of benzene rings is 2. The topological polar surface area (TPSA) is 122 Å². The molecule has 0 saturated heterocycles. The molecule has 0 radical (unpaired) electrons. The second-order valence-corrected chi connectivity index (χ2v) is 8.06. The smallest absolute Gasteiger partial charge is 0.317 e. The Labute approximate surface area is 197 Å². The monoisotopic (exact) mass is 470 g/mol. The normalized spacial score (nSPS) is 11.7. The van der Waals surface area contributed by atoms with Crippen LogP contribution in [0.4, 0.5) is 0 Å². The summed E-state index contributed by atoms with van der Waals surface area (Å²) < 4.78 is 5.66. The first-order chi connectivity index (χ1) is 15.8. The summed E-state index contributed by atoms with van der Waals surface area (Å²) in [6.45, 7) is 8.41. The number of carboxylic acid groups (broad SMARTS) is 1. The van der Waals surface area contributed by atoms with Gasteiger partial charge < -0.3 is 25.0 Å². The minimum atomic E-state index is -0.883. The minimum Gasteiger partial charge on any atom is -0.489 e. The fraction of sp³-hybridized carbons (Fsp3) is 0.250. The Kier molecular flexibility index (Phi) is 8.11. The number of hydrogen-bond donors (Lipinski definition) is 4. The van der Waals surface area contributed by atoms with Gasteiger partial charge >= 0.3 is 5.97 Å². The first-order valence-electron chi connectivity index (χ1n) is 10.4. The summed E-state index contributed by atoms with van der Waals surface area (Å²) in [6, 6.07) is 11.0. The maximum atomic E-state index is 10.7. The van der Waals surface area contributed by atoms with Crippen molar-refractivity contribution < 1.29 is 19.5 Å². The van der Waals surface area contributed by atoms with Crippen molar-refractivity contribution in [2.24, 2.45) is 10.9 Å². The van der Waals surface area contributed by atoms with Gasteiger partial charge in [0.25, 0.3) is 0 Å². The van der Waals surface area contributed by atoms with Crippen LogP contribution >= 0.6 is 11.6 Å². The number of nitrogens with one attached hydrogen (secondary N) is 2. The number of nitrogens with zero attached hydrogens (tertiary/aromatic N) is 1. The fourth-order valence-electron chi connectivity index (χ4n) is 3.40. The van der Waals surface area contributed by atoms with Crippen LogP contribution in [0.15, 0.2) is 54.2 Å². The van der Waals surface area contributed by atoms with E-state index >= 15 is 0 Å². The Balaban J connectivity index is 1.84. The molecule has 0 amide bonds. The molecule has 0 atom stereocenters. The van der Waals surface area contributed by atoms with E-state index in [-0.39, 0.29) is 18.5 Å². The molecule has 0 spiro atoms. The minimum absolute atomic E-state index is 0.00819. The molecular weight excluding hydrogens is 444 g/mol. The van der Waals surface area contributed by atoms with Gasteiger partial charge in [-0.25, -0.2) is 4.99 Å². The fourth-order valence-corrected chi connectivity index (χ4v) is 3.63. The van der Waals surface area contributed by atoms with Gasteiger partial charge in [0.2, 0.25) is 5.90 Å². The van der Waals surface area contributed by atoms with E-state index < -0.39 is 5.97 Å². The van der Waals surface area contributed by atoms with Crippen LogP contribution < -0.4 is 16.0 Å². The third kappa shape index (κ3) is 6.13. The van der Waals surface area contributed by atoms with Crippen LogP contribution in [0.2, 0.25) is 5.02 Å². The summed E-state index contributed by atoms with van der Waals surface area (Å²) in [5.41, 5.74) is 3.76. The van der Waals surface area contributed by atoms with Gasteiger partial charge in [0.1, 0.15) is 5.75 Å². The highest BCUT2D eigenvalue weighted by Gasteiger charge is 2.14. The number of aliphatic carboxylic acids is 1. The summed E-state index contributed by atoms with van der Waals surface area (Å²) in [5.74, 6) is 5.35. The zero-order chi connectivity index (χ0) is 24.0. The lowest BCUT2D eigenvalue weighted by atomic mass is 10.1. The molecule has 0 aliphatic heterocycles. The molecule has 3 rings (SSSR count). The van der Waals surface area contributed by atoms with Crippen LogP contribution in [-0.2, 0) is 16.1 Å². The Morgan fingerprint density at radius 3 is 2.79 bits per heavy atom. The van der Waals surface area contributed by atoms with Gasteiger partial charge in [-0.1, -0.05) is 36.4 Å². The van der Waals surface area contributed by atoms with Gasteiger partial charge in [0.05, 0.1) is 28.9 Å². The van der Waals surface area contributed by atoms with Gasteiger partial charge in [-0.3, -0.25) is 4.79 Å². The lowest BCUT2D eigenvalue weighted by Gasteiger charge is -2.13. The molecule has 2 aromatic carbocycles. The Morgan fingerprint density at radius 1 is 1.33 bits per heavy atom. The van der Waals surface area contributed by atoms with Crippen molar-refractivity contribution in [1.29, 1.82) is 0 Å². The van der Waals surface area contributed by atoms with Gasteiger partial charge in [0.15, 0.2) is 0 Å². The van der Waals surface area contributed by atoms with Crippen molar-refractivity contribution in [2.45, 2.75) is 26.4 Å². The first kappa shape index (κ1) is 24.3. The van der Waals surface area contributed by atoms with E-state index in [9.17, 15) is 4.79 Å². The number of H-pyrrole nitrogens is 1. The van der Waals surface area contributed by atoms with Crippen LogP contribution in [0.5, 0.6) is 5.75 Å². The third-order valence-electron chi connectivity index (χ3n) is 4.85. The van der Waals surface area contributed by atoms with E-state index in [4.69, 9.17) is 32.2 Å². The molecule has 9 heteroatoms. The lowest BCUT2D eigenvalue weighted by Crippen LogP contribution is -2.24. The number of aliphatic imine (C=N–C) groups is 1. The van der Waals surface area contributed by atoms with Crippen molar-refractivity contribution >= 4 is 40.1 Å². The summed E-state index contributed by atoms with van der Waals surface area (Å²) in [7, 11) is 0. The summed E-state index contributed by atoms with van der Waals surface area (Å²) in [4.78, 5) is 23.5. The third-order valence-corrected chi connectivity index (χ3v) is 5.14. The number of para-hydroxylation sites is 1. The maximum absolute atomic E-state index is 10.7. The number of halogens is 1. The summed E-state index contributed by atoms with van der Waals surface area (Å²) >= 11 is 6.34. The van der Waals surface area contributed by atoms with Gasteiger partial charge in [-0.15, -0.1) is 0 Å². The van der Waals surface area contributed by atoms with Crippen molar-refractivity contribution in [3.63, 3.8) is 0 Å².